The zero-order chi connectivity index (χ0) is 16.0. The van der Waals surface area contributed by atoms with Crippen LogP contribution in [0.3, 0.4) is 0 Å². The van der Waals surface area contributed by atoms with Crippen molar-refractivity contribution in [1.29, 1.82) is 1.34 Å². The molecule has 0 spiro atoms. The Kier molecular flexibility index (Phi) is 11.4. The van der Waals surface area contributed by atoms with Crippen LogP contribution in [-0.4, -0.2) is 48.3 Å². The fourth-order valence-electron chi connectivity index (χ4n) is 1.95. The smallest absolute Gasteiger partial charge is 0.330 e. The van der Waals surface area contributed by atoms with Gasteiger partial charge in [-0.05, 0) is 12.4 Å². The molecule has 0 saturated carbocycles. The molecule has 0 amide bonds. The van der Waals surface area contributed by atoms with Gasteiger partial charge in [-0.1, -0.05) is 15.9 Å². The minimum Gasteiger partial charge on any atom is -0.394 e. The van der Waals surface area contributed by atoms with E-state index in [1.807, 2.05) is 0 Å². The van der Waals surface area contributed by atoms with Crippen molar-refractivity contribution in [2.75, 3.05) is 6.61 Å². The Morgan fingerprint density at radius 1 is 1.59 bits per heavy atom. The molecule has 2 rings (SSSR count). The summed E-state index contributed by atoms with van der Waals surface area (Å²) in [5.41, 5.74) is -0.844. The third-order valence-corrected chi connectivity index (χ3v) is 3.20. The van der Waals surface area contributed by atoms with Crippen molar-refractivity contribution >= 4 is 30.4 Å². The van der Waals surface area contributed by atoms with Gasteiger partial charge in [-0.25, -0.2) is 4.79 Å². The van der Waals surface area contributed by atoms with Gasteiger partial charge < -0.3 is 14.9 Å². The monoisotopic (exact) mass is 634 g/mol. The zero-order valence-electron chi connectivity index (χ0n) is 12.3. The van der Waals surface area contributed by atoms with Crippen LogP contribution in [-0.2, 0) is 23.3 Å². The fourth-order valence-corrected chi connectivity index (χ4v) is 2.24. The molecule has 1 fully saturated rings. The number of aromatic nitrogens is 2. The Balaban J connectivity index is 0. The first kappa shape index (κ1) is 22.5. The molecule has 3 unspecified atom stereocenters. The van der Waals surface area contributed by atoms with E-state index in [0.717, 1.165) is 0 Å². The third kappa shape index (κ3) is 5.53. The maximum Gasteiger partial charge on any atom is 0.330 e. The number of aromatic amines is 1. The predicted octanol–water partition coefficient (Wildman–Crippen LogP) is -1.11. The number of ether oxygens (including phenoxy) is 1. The maximum absolute atomic E-state index is 11.7. The van der Waals surface area contributed by atoms with Gasteiger partial charge in [0.15, 0.2) is 0 Å². The molecule has 0 aliphatic carbocycles. The Morgan fingerprint density at radius 3 is 2.73 bits per heavy atom. The second-order valence-electron chi connectivity index (χ2n) is 4.16. The molecule has 1 aliphatic heterocycles. The second kappa shape index (κ2) is 11.1. The predicted molar refractivity (Wildman–Crippen MR) is 78.1 cm³/mol. The summed E-state index contributed by atoms with van der Waals surface area (Å²) in [4.78, 5) is 26.9. The van der Waals surface area contributed by atoms with Crippen molar-refractivity contribution in [1.82, 2.24) is 9.55 Å². The van der Waals surface area contributed by atoms with Gasteiger partial charge in [-0.15, -0.1) is 0 Å². The van der Waals surface area contributed by atoms with Crippen molar-refractivity contribution in [2.24, 2.45) is 0 Å². The summed E-state index contributed by atoms with van der Waals surface area (Å²) in [6.07, 6.45) is 0.746. The first-order chi connectivity index (χ1) is 10.1. The number of rotatable bonds is 3. The zero-order valence-corrected chi connectivity index (χ0v) is 18.5. The molecule has 3 atom stereocenters. The van der Waals surface area contributed by atoms with Crippen LogP contribution in [0.15, 0.2) is 20.8 Å². The van der Waals surface area contributed by atoms with Crippen molar-refractivity contribution in [3.8, 4) is 0 Å². The number of nitrogens with one attached hydrogen (secondary N) is 1. The van der Waals surface area contributed by atoms with E-state index in [-0.39, 0.29) is 68.3 Å². The summed E-state index contributed by atoms with van der Waals surface area (Å²) < 4.78 is 11.8. The van der Waals surface area contributed by atoms with Gasteiger partial charge in [-0.2, -0.15) is 0 Å². The Labute approximate surface area is 173 Å². The van der Waals surface area contributed by atoms with E-state index in [1.54, 1.807) is 0 Å². The number of nitrogens with zero attached hydrogens (tertiary/aromatic N) is 1. The Hall–Kier alpha value is 0.481. The third-order valence-electron chi connectivity index (χ3n) is 2.93. The van der Waals surface area contributed by atoms with Crippen LogP contribution in [0.2, 0.25) is 0 Å². The van der Waals surface area contributed by atoms with Crippen molar-refractivity contribution < 1.29 is 64.6 Å². The van der Waals surface area contributed by atoms with Crippen LogP contribution in [0.1, 0.15) is 18.2 Å². The largest absolute Gasteiger partial charge is 0.394 e. The van der Waals surface area contributed by atoms with E-state index >= 15 is 0 Å². The molecule has 1 aromatic heterocycles. The molecule has 7 nitrogen and oxygen atoms in total. The molecule has 1 aromatic rings. The van der Waals surface area contributed by atoms with Crippen LogP contribution in [0.25, 0.3) is 6.08 Å². The van der Waals surface area contributed by atoms with Crippen LogP contribution < -0.4 is 11.2 Å². The molecule has 117 valence electrons. The second-order valence-corrected chi connectivity index (χ2v) is 4.69. The van der Waals surface area contributed by atoms with E-state index in [2.05, 4.69) is 29.3 Å². The molecule has 3 N–H and O–H groups in total. The molecule has 1 saturated heterocycles. The first-order valence-electron chi connectivity index (χ1n) is 6.21. The summed E-state index contributed by atoms with van der Waals surface area (Å²) in [6, 6.07) is 0. The van der Waals surface area contributed by atoms with Gasteiger partial charge in [0.1, 0.15) is 12.3 Å². The molecule has 22 heavy (non-hydrogen) atoms. The van der Waals surface area contributed by atoms with Gasteiger partial charge in [-0.3, -0.25) is 14.3 Å². The number of hydrogen-bond acceptors (Lipinski definition) is 5. The van der Waals surface area contributed by atoms with Crippen LogP contribution >= 0.6 is 15.9 Å². The maximum atomic E-state index is 11.7. The van der Waals surface area contributed by atoms with E-state index in [9.17, 15) is 14.7 Å². The number of aliphatic hydroxyl groups is 2. The number of halogens is 1. The minimum absolute atomic E-state index is 0. The average Bonchev–Trinajstić information content (AvgIpc) is 2.85. The van der Waals surface area contributed by atoms with Crippen molar-refractivity contribution in [2.45, 2.75) is 24.9 Å². The van der Waals surface area contributed by atoms with E-state index in [4.69, 9.17) is 11.2 Å². The molecular weight excluding hydrogens is 620 g/mol. The molecule has 1 aliphatic rings. The fraction of sp³-hybridized carbons (Fsp3) is 0.455. The summed E-state index contributed by atoms with van der Waals surface area (Å²) in [5.74, 6) is 0. The van der Waals surface area contributed by atoms with Crippen molar-refractivity contribution in [3.63, 3.8) is 0 Å². The van der Waals surface area contributed by atoms with Crippen LogP contribution in [0.4, 0.5) is 0 Å². The van der Waals surface area contributed by atoms with E-state index in [0.29, 0.717) is 0 Å². The average molecular weight is 635 g/mol. The van der Waals surface area contributed by atoms with Crippen LogP contribution in [0, 0.1) is 31.1 Å². The summed E-state index contributed by atoms with van der Waals surface area (Å²) in [5, 5.41) is 18.7. The van der Waals surface area contributed by atoms with Crippen molar-refractivity contribution in [3.05, 3.63) is 37.6 Å². The molecule has 11 heteroatoms. The van der Waals surface area contributed by atoms with Gasteiger partial charge in [0.25, 0.3) is 5.56 Å². The number of aliphatic hydroxyl groups excluding tert-OH is 2. The minimum atomic E-state index is -0.844. The normalized spacial score (nSPS) is 23.8. The van der Waals surface area contributed by atoms with Gasteiger partial charge in [0, 0.05) is 70.7 Å². The molecule has 2 heterocycles. The Bertz CT molecular complexity index is 617. The molecule has 3 radical (unpaired) electrons. The van der Waals surface area contributed by atoms with Gasteiger partial charge in [0.2, 0.25) is 0 Å². The van der Waals surface area contributed by atoms with E-state index in [1.165, 1.54) is 21.8 Å². The molecule has 0 aromatic carbocycles. The quantitative estimate of drug-likeness (QED) is 0.366. The number of hydrogen-bond donors (Lipinski definition) is 3. The first-order valence-corrected chi connectivity index (χ1v) is 6.55. The summed E-state index contributed by atoms with van der Waals surface area (Å²) >= 11 is 3.05. The van der Waals surface area contributed by atoms with E-state index < -0.39 is 29.7 Å². The topological polar surface area (TPSA) is 105 Å². The standard InChI is InChI=1S/C11H13BrN2O5.BH.U.V/c12-2-1-6-4-14(11(18)13-10(6)17)9-3-7(16)8(5-15)19-9;;;/h1-2,4,7-9,15-16H,3,5H2,(H,13,17,18);1H;;/b2-1+;;;/i;1D;;. The summed E-state index contributed by atoms with van der Waals surface area (Å²) in [7, 11) is 3.75. The summed E-state index contributed by atoms with van der Waals surface area (Å²) in [6.45, 7) is -0.329. The molecule has 0 bridgehead atoms. The van der Waals surface area contributed by atoms with Gasteiger partial charge >= 0.3 is 5.69 Å². The van der Waals surface area contributed by atoms with Gasteiger partial charge in [0.05, 0.1) is 18.3 Å². The Morgan fingerprint density at radius 2 is 2.23 bits per heavy atom. The SMILES string of the molecule is O=c1[nH]c(=O)n(C2CC(O)C(CO)O2)cc1/C=C/Br.[2H][B].[U].[V]. The van der Waals surface area contributed by atoms with Crippen LogP contribution in [0.5, 0.6) is 0 Å². The number of H-pyrrole nitrogens is 1. The molecular formula is C11H14BBrN2O5UV.